The zero-order chi connectivity index (χ0) is 25.7. The molecule has 3 aromatic carbocycles. The minimum Gasteiger partial charge on any atom is -0.399 e. The molecule has 8 nitrogen and oxygen atoms in total. The average Bonchev–Trinajstić information content (AvgIpc) is 2.85. The number of anilines is 5. The molecule has 0 fully saturated rings. The molecule has 0 saturated heterocycles. The molecule has 11 heteroatoms. The molecule has 182 valence electrons. The van der Waals surface area contributed by atoms with Crippen LogP contribution in [0.2, 0.25) is 0 Å². The van der Waals surface area contributed by atoms with Crippen molar-refractivity contribution >= 4 is 40.5 Å². The van der Waals surface area contributed by atoms with Gasteiger partial charge < -0.3 is 21.7 Å². The van der Waals surface area contributed by atoms with Gasteiger partial charge in [0.05, 0.1) is 23.6 Å². The molecule has 4 aromatic rings. The molecule has 0 saturated carbocycles. The van der Waals surface area contributed by atoms with Gasteiger partial charge in [-0.2, -0.15) is 13.2 Å². The molecular weight excluding hydrogens is 473 g/mol. The smallest absolute Gasteiger partial charge is 0.399 e. The van der Waals surface area contributed by atoms with E-state index >= 15 is 0 Å². The Morgan fingerprint density at radius 3 is 1.94 bits per heavy atom. The van der Waals surface area contributed by atoms with Crippen LogP contribution in [0.25, 0.3) is 0 Å². The summed E-state index contributed by atoms with van der Waals surface area (Å²) in [5.74, 6) is -0.889. The van der Waals surface area contributed by atoms with Crippen molar-refractivity contribution in [3.8, 4) is 0 Å². The molecule has 0 radical (unpaired) electrons. The van der Waals surface area contributed by atoms with Gasteiger partial charge in [0.25, 0.3) is 11.8 Å². The third kappa shape index (κ3) is 6.14. The molecule has 0 aliphatic rings. The summed E-state index contributed by atoms with van der Waals surface area (Å²) in [6.45, 7) is 0. The Balaban J connectivity index is 1.41. The number of alkyl halides is 3. The number of nitrogens with one attached hydrogen (secondary N) is 3. The highest BCUT2D eigenvalue weighted by atomic mass is 19.4. The van der Waals surface area contributed by atoms with Gasteiger partial charge >= 0.3 is 6.18 Å². The standard InChI is InChI=1S/C25H19F3N6O2/c26-25(27,28)17-6-2-8-19(11-17)32-22(35)15-4-1-5-16(10-15)23(36)33-21-13-30-24(31-14-21)34-20-9-3-7-18(29)12-20/h1-14H,29H2,(H,32,35)(H,33,36)(H,30,31,34). The van der Waals surface area contributed by atoms with Gasteiger partial charge in [-0.05, 0) is 54.6 Å². The van der Waals surface area contributed by atoms with E-state index in [-0.39, 0.29) is 16.8 Å². The van der Waals surface area contributed by atoms with Crippen LogP contribution in [0, 0.1) is 0 Å². The second-order valence-corrected chi connectivity index (χ2v) is 7.61. The molecule has 0 spiro atoms. The Kier molecular flexibility index (Phi) is 6.81. The van der Waals surface area contributed by atoms with Crippen molar-refractivity contribution in [2.24, 2.45) is 0 Å². The summed E-state index contributed by atoms with van der Waals surface area (Å²) in [5.41, 5.74) is 6.69. The number of nitrogen functional groups attached to an aromatic ring is 1. The number of rotatable bonds is 6. The van der Waals surface area contributed by atoms with Gasteiger partial charge in [-0.25, -0.2) is 9.97 Å². The summed E-state index contributed by atoms with van der Waals surface area (Å²) < 4.78 is 38.7. The van der Waals surface area contributed by atoms with Crippen molar-refractivity contribution in [1.29, 1.82) is 0 Å². The maximum atomic E-state index is 12.9. The predicted molar refractivity (Wildman–Crippen MR) is 130 cm³/mol. The first-order chi connectivity index (χ1) is 17.2. The number of aromatic nitrogens is 2. The number of hydrogen-bond donors (Lipinski definition) is 4. The number of carbonyl (C=O) groups is 2. The van der Waals surface area contributed by atoms with E-state index < -0.39 is 23.6 Å². The molecule has 0 unspecified atom stereocenters. The van der Waals surface area contributed by atoms with Crippen LogP contribution in [0.3, 0.4) is 0 Å². The van der Waals surface area contributed by atoms with Gasteiger partial charge in [0.15, 0.2) is 0 Å². The molecular formula is C25H19F3N6O2. The van der Waals surface area contributed by atoms with Crippen LogP contribution in [-0.2, 0) is 6.18 Å². The Hall–Kier alpha value is -4.93. The lowest BCUT2D eigenvalue weighted by Gasteiger charge is -2.11. The Labute approximate surface area is 203 Å². The van der Waals surface area contributed by atoms with E-state index in [1.807, 2.05) is 0 Å². The van der Waals surface area contributed by atoms with E-state index in [1.165, 1.54) is 48.8 Å². The summed E-state index contributed by atoms with van der Waals surface area (Å²) in [6.07, 6.45) is -1.72. The quantitative estimate of drug-likeness (QED) is 0.270. The maximum Gasteiger partial charge on any atom is 0.416 e. The van der Waals surface area contributed by atoms with Crippen LogP contribution in [0.4, 0.5) is 41.9 Å². The molecule has 0 bridgehead atoms. The normalized spacial score (nSPS) is 11.0. The fourth-order valence-corrected chi connectivity index (χ4v) is 3.18. The fourth-order valence-electron chi connectivity index (χ4n) is 3.18. The summed E-state index contributed by atoms with van der Waals surface area (Å²) in [4.78, 5) is 33.5. The molecule has 5 N–H and O–H groups in total. The highest BCUT2D eigenvalue weighted by Crippen LogP contribution is 2.30. The topological polar surface area (TPSA) is 122 Å². The van der Waals surface area contributed by atoms with Crippen LogP contribution in [-0.4, -0.2) is 21.8 Å². The highest BCUT2D eigenvalue weighted by Gasteiger charge is 2.30. The second-order valence-electron chi connectivity index (χ2n) is 7.61. The monoisotopic (exact) mass is 492 g/mol. The number of benzene rings is 3. The van der Waals surface area contributed by atoms with Gasteiger partial charge in [0.2, 0.25) is 5.95 Å². The van der Waals surface area contributed by atoms with Gasteiger partial charge in [-0.1, -0.05) is 18.2 Å². The summed E-state index contributed by atoms with van der Waals surface area (Å²) >= 11 is 0. The van der Waals surface area contributed by atoms with Gasteiger partial charge in [-0.3, -0.25) is 9.59 Å². The summed E-state index contributed by atoms with van der Waals surface area (Å²) in [6, 6.07) is 17.1. The molecule has 2 amide bonds. The van der Waals surface area contributed by atoms with Gasteiger partial charge in [0.1, 0.15) is 0 Å². The van der Waals surface area contributed by atoms with E-state index in [9.17, 15) is 22.8 Å². The number of nitrogens with zero attached hydrogens (tertiary/aromatic N) is 2. The van der Waals surface area contributed by atoms with Crippen molar-refractivity contribution in [3.63, 3.8) is 0 Å². The van der Waals surface area contributed by atoms with Crippen LogP contribution >= 0.6 is 0 Å². The number of carbonyl (C=O) groups excluding carboxylic acids is 2. The van der Waals surface area contributed by atoms with E-state index in [0.29, 0.717) is 23.0 Å². The molecule has 4 rings (SSSR count). The Morgan fingerprint density at radius 1 is 0.722 bits per heavy atom. The molecule has 1 aromatic heterocycles. The highest BCUT2D eigenvalue weighted by molar-refractivity contribution is 6.08. The second kappa shape index (κ2) is 10.1. The van der Waals surface area contributed by atoms with Crippen molar-refractivity contribution in [3.05, 3.63) is 102 Å². The number of nitrogens with two attached hydrogens (primary N) is 1. The molecule has 0 aliphatic carbocycles. The molecule has 0 aliphatic heterocycles. The van der Waals surface area contributed by atoms with Crippen LogP contribution < -0.4 is 21.7 Å². The first-order valence-corrected chi connectivity index (χ1v) is 10.5. The lowest BCUT2D eigenvalue weighted by molar-refractivity contribution is -0.137. The molecule has 0 atom stereocenters. The average molecular weight is 492 g/mol. The van der Waals surface area contributed by atoms with Crippen molar-refractivity contribution < 1.29 is 22.8 Å². The van der Waals surface area contributed by atoms with Crippen molar-refractivity contribution in [2.75, 3.05) is 21.7 Å². The first kappa shape index (κ1) is 24.2. The zero-order valence-corrected chi connectivity index (χ0v) is 18.5. The zero-order valence-electron chi connectivity index (χ0n) is 18.5. The first-order valence-electron chi connectivity index (χ1n) is 10.5. The number of halogens is 3. The third-order valence-electron chi connectivity index (χ3n) is 4.89. The van der Waals surface area contributed by atoms with E-state index in [2.05, 4.69) is 25.9 Å². The lowest BCUT2D eigenvalue weighted by Crippen LogP contribution is -2.16. The molecule has 36 heavy (non-hydrogen) atoms. The van der Waals surface area contributed by atoms with E-state index in [4.69, 9.17) is 5.73 Å². The van der Waals surface area contributed by atoms with E-state index in [0.717, 1.165) is 12.1 Å². The predicted octanol–water partition coefficient (Wildman–Crippen LogP) is 5.33. The fraction of sp³-hybridized carbons (Fsp3) is 0.0400. The summed E-state index contributed by atoms with van der Waals surface area (Å²) in [5, 5.41) is 8.03. The SMILES string of the molecule is Nc1cccc(Nc2ncc(NC(=O)c3cccc(C(=O)Nc4cccc(C(F)(F)F)c4)c3)cn2)c1. The Bertz CT molecular complexity index is 1410. The molecule has 1 heterocycles. The Morgan fingerprint density at radius 2 is 1.31 bits per heavy atom. The largest absolute Gasteiger partial charge is 0.416 e. The van der Waals surface area contributed by atoms with E-state index in [1.54, 1.807) is 24.3 Å². The van der Waals surface area contributed by atoms with Crippen LogP contribution in [0.15, 0.2) is 85.2 Å². The number of hydrogen-bond acceptors (Lipinski definition) is 6. The number of amides is 2. The third-order valence-corrected chi connectivity index (χ3v) is 4.89. The lowest BCUT2D eigenvalue weighted by atomic mass is 10.1. The van der Waals surface area contributed by atoms with Crippen molar-refractivity contribution in [2.45, 2.75) is 6.18 Å². The van der Waals surface area contributed by atoms with Crippen LogP contribution in [0.1, 0.15) is 26.3 Å². The maximum absolute atomic E-state index is 12.9. The van der Waals surface area contributed by atoms with Crippen LogP contribution in [0.5, 0.6) is 0 Å². The van der Waals surface area contributed by atoms with Crippen molar-refractivity contribution in [1.82, 2.24) is 9.97 Å². The summed E-state index contributed by atoms with van der Waals surface area (Å²) in [7, 11) is 0. The minimum atomic E-state index is -4.54. The minimum absolute atomic E-state index is 0.0197. The van der Waals surface area contributed by atoms with Gasteiger partial charge in [-0.15, -0.1) is 0 Å². The van der Waals surface area contributed by atoms with Gasteiger partial charge in [0, 0.05) is 28.2 Å².